The SMILES string of the molecule is CN(CC(=O)O)C(=O)c1ccc(S(=O)(=O)NCC2CCCO2)cc1. The summed E-state index contributed by atoms with van der Waals surface area (Å²) in [6.45, 7) is 0.430. The van der Waals surface area contributed by atoms with E-state index in [4.69, 9.17) is 9.84 Å². The molecule has 1 fully saturated rings. The summed E-state index contributed by atoms with van der Waals surface area (Å²) in [7, 11) is -2.31. The minimum Gasteiger partial charge on any atom is -0.480 e. The first-order chi connectivity index (χ1) is 11.3. The van der Waals surface area contributed by atoms with E-state index in [9.17, 15) is 18.0 Å². The molecule has 1 aliphatic rings. The van der Waals surface area contributed by atoms with Crippen LogP contribution in [-0.4, -0.2) is 63.1 Å². The van der Waals surface area contributed by atoms with E-state index in [1.165, 1.54) is 31.3 Å². The van der Waals surface area contributed by atoms with Crippen LogP contribution < -0.4 is 4.72 Å². The summed E-state index contributed by atoms with van der Waals surface area (Å²) < 4.78 is 32.3. The third-order valence-electron chi connectivity index (χ3n) is 3.66. The van der Waals surface area contributed by atoms with E-state index in [-0.39, 0.29) is 23.1 Å². The van der Waals surface area contributed by atoms with E-state index in [0.29, 0.717) is 6.61 Å². The van der Waals surface area contributed by atoms with E-state index >= 15 is 0 Å². The molecule has 1 aliphatic heterocycles. The Labute approximate surface area is 140 Å². The smallest absolute Gasteiger partial charge is 0.323 e. The number of carbonyl (C=O) groups is 2. The van der Waals surface area contributed by atoms with Gasteiger partial charge in [-0.1, -0.05) is 0 Å². The lowest BCUT2D eigenvalue weighted by Gasteiger charge is -2.15. The van der Waals surface area contributed by atoms with Crippen LogP contribution in [0.25, 0.3) is 0 Å². The van der Waals surface area contributed by atoms with Crippen molar-refractivity contribution in [3.63, 3.8) is 0 Å². The van der Waals surface area contributed by atoms with Crippen molar-refractivity contribution < 1.29 is 27.9 Å². The van der Waals surface area contributed by atoms with Gasteiger partial charge in [-0.15, -0.1) is 0 Å². The Bertz CT molecular complexity index is 695. The van der Waals surface area contributed by atoms with E-state index in [1.54, 1.807) is 0 Å². The largest absolute Gasteiger partial charge is 0.480 e. The number of carboxylic acids is 1. The van der Waals surface area contributed by atoms with Gasteiger partial charge in [0.05, 0.1) is 11.0 Å². The zero-order valence-electron chi connectivity index (χ0n) is 13.3. The summed E-state index contributed by atoms with van der Waals surface area (Å²) in [5.41, 5.74) is 0.219. The molecule has 1 aromatic carbocycles. The molecule has 2 rings (SSSR count). The van der Waals surface area contributed by atoms with Crippen molar-refractivity contribution in [1.29, 1.82) is 0 Å². The molecule has 0 aliphatic carbocycles. The Kier molecular flexibility index (Phi) is 5.92. The topological polar surface area (TPSA) is 113 Å². The van der Waals surface area contributed by atoms with Gasteiger partial charge in [-0.25, -0.2) is 13.1 Å². The standard InChI is InChI=1S/C15H20N2O6S/c1-17(10-14(18)19)15(20)11-4-6-13(7-5-11)24(21,22)16-9-12-3-2-8-23-12/h4-7,12,16H,2-3,8-10H2,1H3,(H,18,19). The highest BCUT2D eigenvalue weighted by Crippen LogP contribution is 2.14. The van der Waals surface area contributed by atoms with Gasteiger partial charge in [-0.2, -0.15) is 0 Å². The van der Waals surface area contributed by atoms with Gasteiger partial charge in [-0.3, -0.25) is 9.59 Å². The molecule has 0 bridgehead atoms. The van der Waals surface area contributed by atoms with Gasteiger partial charge in [0.1, 0.15) is 6.54 Å². The van der Waals surface area contributed by atoms with Gasteiger partial charge < -0.3 is 14.7 Å². The lowest BCUT2D eigenvalue weighted by atomic mass is 10.2. The van der Waals surface area contributed by atoms with Gasteiger partial charge in [-0.05, 0) is 37.1 Å². The van der Waals surface area contributed by atoms with E-state index in [1.807, 2.05) is 0 Å². The molecule has 0 radical (unpaired) electrons. The van der Waals surface area contributed by atoms with Gasteiger partial charge in [0.15, 0.2) is 0 Å². The number of rotatable bonds is 7. The maximum atomic E-state index is 12.2. The lowest BCUT2D eigenvalue weighted by molar-refractivity contribution is -0.137. The van der Waals surface area contributed by atoms with Crippen LogP contribution in [0.2, 0.25) is 0 Å². The van der Waals surface area contributed by atoms with Gasteiger partial charge in [0.2, 0.25) is 10.0 Å². The fraction of sp³-hybridized carbons (Fsp3) is 0.467. The highest BCUT2D eigenvalue weighted by Gasteiger charge is 2.21. The number of benzene rings is 1. The minimum atomic E-state index is -3.68. The Morgan fingerprint density at radius 2 is 2.00 bits per heavy atom. The second kappa shape index (κ2) is 7.73. The number of carbonyl (C=O) groups excluding carboxylic acids is 1. The molecule has 2 N–H and O–H groups in total. The monoisotopic (exact) mass is 356 g/mol. The molecule has 1 heterocycles. The number of ether oxygens (including phenoxy) is 1. The molecule has 1 atom stereocenters. The van der Waals surface area contributed by atoms with Crippen molar-refractivity contribution in [3.05, 3.63) is 29.8 Å². The molecule has 1 saturated heterocycles. The Morgan fingerprint density at radius 1 is 1.33 bits per heavy atom. The molecule has 0 saturated carbocycles. The normalized spacial score (nSPS) is 17.6. The highest BCUT2D eigenvalue weighted by atomic mass is 32.2. The summed E-state index contributed by atoms with van der Waals surface area (Å²) in [6.07, 6.45) is 1.64. The first-order valence-corrected chi connectivity index (χ1v) is 8.96. The average Bonchev–Trinajstić information content (AvgIpc) is 3.05. The zero-order chi connectivity index (χ0) is 17.7. The molecule has 1 unspecified atom stereocenters. The molecule has 132 valence electrons. The van der Waals surface area contributed by atoms with Crippen molar-refractivity contribution in [1.82, 2.24) is 9.62 Å². The van der Waals surface area contributed by atoms with E-state index in [0.717, 1.165) is 17.7 Å². The third kappa shape index (κ3) is 4.76. The summed E-state index contributed by atoms with van der Waals surface area (Å²) in [5.74, 6) is -1.61. The minimum absolute atomic E-state index is 0.0398. The average molecular weight is 356 g/mol. The number of nitrogens with one attached hydrogen (secondary N) is 1. The maximum Gasteiger partial charge on any atom is 0.323 e. The number of carboxylic acid groups (broad SMARTS) is 1. The fourth-order valence-electron chi connectivity index (χ4n) is 2.36. The van der Waals surface area contributed by atoms with Crippen molar-refractivity contribution in [2.45, 2.75) is 23.8 Å². The van der Waals surface area contributed by atoms with Crippen LogP contribution in [0.4, 0.5) is 0 Å². The quantitative estimate of drug-likeness (QED) is 0.726. The predicted molar refractivity (Wildman–Crippen MR) is 85.2 cm³/mol. The number of aliphatic carboxylic acids is 1. The molecule has 0 aromatic heterocycles. The van der Waals surface area contributed by atoms with Crippen LogP contribution in [0.15, 0.2) is 29.2 Å². The molecular weight excluding hydrogens is 336 g/mol. The van der Waals surface area contributed by atoms with E-state index in [2.05, 4.69) is 4.72 Å². The maximum absolute atomic E-state index is 12.2. The fourth-order valence-corrected chi connectivity index (χ4v) is 3.43. The van der Waals surface area contributed by atoms with Gasteiger partial charge in [0.25, 0.3) is 5.91 Å². The molecule has 8 nitrogen and oxygen atoms in total. The second-order valence-corrected chi connectivity index (χ2v) is 7.33. The van der Waals surface area contributed by atoms with Crippen molar-refractivity contribution >= 4 is 21.9 Å². The van der Waals surface area contributed by atoms with Crippen molar-refractivity contribution in [2.75, 3.05) is 26.7 Å². The number of hydrogen-bond donors (Lipinski definition) is 2. The highest BCUT2D eigenvalue weighted by molar-refractivity contribution is 7.89. The van der Waals surface area contributed by atoms with Crippen LogP contribution in [0, 0.1) is 0 Å². The molecule has 1 amide bonds. The van der Waals surface area contributed by atoms with Crippen LogP contribution >= 0.6 is 0 Å². The molecular formula is C15H20N2O6S. The van der Waals surface area contributed by atoms with Gasteiger partial charge in [0, 0.05) is 25.8 Å². The van der Waals surface area contributed by atoms with Crippen LogP contribution in [0.1, 0.15) is 23.2 Å². The Morgan fingerprint density at radius 3 is 2.54 bits per heavy atom. The van der Waals surface area contributed by atoms with Gasteiger partial charge >= 0.3 is 5.97 Å². The first-order valence-electron chi connectivity index (χ1n) is 7.48. The summed E-state index contributed by atoms with van der Waals surface area (Å²) in [4.78, 5) is 23.7. The molecule has 0 spiro atoms. The number of hydrogen-bond acceptors (Lipinski definition) is 5. The van der Waals surface area contributed by atoms with Crippen molar-refractivity contribution in [3.8, 4) is 0 Å². The zero-order valence-corrected chi connectivity index (χ0v) is 14.1. The number of sulfonamides is 1. The molecule has 9 heteroatoms. The van der Waals surface area contributed by atoms with Crippen LogP contribution in [0.3, 0.4) is 0 Å². The van der Waals surface area contributed by atoms with E-state index < -0.39 is 28.4 Å². The third-order valence-corrected chi connectivity index (χ3v) is 5.10. The van der Waals surface area contributed by atoms with Crippen LogP contribution in [0.5, 0.6) is 0 Å². The number of amides is 1. The summed E-state index contributed by atoms with van der Waals surface area (Å²) in [5, 5.41) is 8.69. The summed E-state index contributed by atoms with van der Waals surface area (Å²) >= 11 is 0. The van der Waals surface area contributed by atoms with Crippen LogP contribution in [-0.2, 0) is 19.6 Å². The Hall–Kier alpha value is -1.97. The lowest BCUT2D eigenvalue weighted by Crippen LogP contribution is -2.32. The molecule has 1 aromatic rings. The van der Waals surface area contributed by atoms with Crippen molar-refractivity contribution in [2.24, 2.45) is 0 Å². The molecule has 24 heavy (non-hydrogen) atoms. The predicted octanol–water partition coefficient (Wildman–Crippen LogP) is 0.301. The number of likely N-dealkylation sites (N-methyl/N-ethyl adjacent to an activating group) is 1. The number of nitrogens with zero attached hydrogens (tertiary/aromatic N) is 1. The Balaban J connectivity index is 2.01. The first kappa shape index (κ1) is 18.4. The summed E-state index contributed by atoms with van der Waals surface area (Å²) in [6, 6.07) is 5.36. The second-order valence-electron chi connectivity index (χ2n) is 5.57.